The maximum absolute atomic E-state index is 13.2. The Hall–Kier alpha value is -5.11. The lowest BCUT2D eigenvalue weighted by Gasteiger charge is -2.22. The molecule has 1 aliphatic carbocycles. The number of hydrogen-bond acceptors (Lipinski definition) is 6. The van der Waals surface area contributed by atoms with E-state index in [1.54, 1.807) is 19.1 Å². The summed E-state index contributed by atoms with van der Waals surface area (Å²) in [6.45, 7) is 4.09. The Morgan fingerprint density at radius 2 is 1.38 bits per heavy atom. The zero-order chi connectivity index (χ0) is 31.8. The third kappa shape index (κ3) is 7.89. The Kier molecular flexibility index (Phi) is 10.1. The summed E-state index contributed by atoms with van der Waals surface area (Å²) in [6.07, 6.45) is -0.124. The Balaban J connectivity index is 1.20. The Morgan fingerprint density at radius 1 is 0.800 bits per heavy atom. The second-order valence-corrected chi connectivity index (χ2v) is 11.2. The van der Waals surface area contributed by atoms with Gasteiger partial charge in [0.15, 0.2) is 6.10 Å². The van der Waals surface area contributed by atoms with E-state index >= 15 is 0 Å². The minimum atomic E-state index is -0.956. The van der Waals surface area contributed by atoms with Crippen molar-refractivity contribution in [3.8, 4) is 16.9 Å². The predicted molar refractivity (Wildman–Crippen MR) is 170 cm³/mol. The van der Waals surface area contributed by atoms with Crippen molar-refractivity contribution < 1.29 is 33.7 Å². The summed E-state index contributed by atoms with van der Waals surface area (Å²) in [7, 11) is 0. The maximum Gasteiger partial charge on any atom is 0.407 e. The lowest BCUT2D eigenvalue weighted by atomic mass is 9.98. The Morgan fingerprint density at radius 3 is 1.98 bits per heavy atom. The highest BCUT2D eigenvalue weighted by Crippen LogP contribution is 2.44. The number of esters is 1. The zero-order valence-electron chi connectivity index (χ0n) is 25.4. The van der Waals surface area contributed by atoms with Crippen molar-refractivity contribution in [3.63, 3.8) is 0 Å². The number of aliphatic carboxylic acids is 1. The van der Waals surface area contributed by atoms with Crippen LogP contribution in [-0.4, -0.2) is 42.4 Å². The number of carboxylic acids is 1. The van der Waals surface area contributed by atoms with Crippen LogP contribution in [0.15, 0.2) is 97.1 Å². The molecule has 0 bridgehead atoms. The number of fused-ring (bicyclic) bond motifs is 3. The number of hydrogen-bond donors (Lipinski definition) is 2. The topological polar surface area (TPSA) is 111 Å². The van der Waals surface area contributed by atoms with Crippen molar-refractivity contribution >= 4 is 18.0 Å². The van der Waals surface area contributed by atoms with Crippen LogP contribution in [0.3, 0.4) is 0 Å². The average molecular weight is 608 g/mol. The van der Waals surface area contributed by atoms with Gasteiger partial charge < -0.3 is 24.6 Å². The first-order chi connectivity index (χ1) is 21.8. The normalized spacial score (nSPS) is 13.2. The third-order valence-corrected chi connectivity index (χ3v) is 7.88. The van der Waals surface area contributed by atoms with Crippen molar-refractivity contribution in [2.75, 3.05) is 13.2 Å². The van der Waals surface area contributed by atoms with E-state index in [0.29, 0.717) is 25.2 Å². The summed E-state index contributed by atoms with van der Waals surface area (Å²) in [4.78, 5) is 36.8. The minimum Gasteiger partial charge on any atom is -0.494 e. The summed E-state index contributed by atoms with van der Waals surface area (Å²) < 4.78 is 17.3. The van der Waals surface area contributed by atoms with Gasteiger partial charge in [-0.05, 0) is 72.2 Å². The zero-order valence-corrected chi connectivity index (χ0v) is 25.4. The van der Waals surface area contributed by atoms with Crippen LogP contribution in [0.4, 0.5) is 4.79 Å². The van der Waals surface area contributed by atoms with Crippen molar-refractivity contribution in [2.45, 2.75) is 51.2 Å². The molecule has 4 aromatic carbocycles. The van der Waals surface area contributed by atoms with Gasteiger partial charge in [-0.25, -0.2) is 9.59 Å². The number of benzene rings is 4. The van der Waals surface area contributed by atoms with Gasteiger partial charge >= 0.3 is 18.0 Å². The molecular formula is C37H37NO7. The van der Waals surface area contributed by atoms with E-state index in [1.807, 2.05) is 79.7 Å². The third-order valence-electron chi connectivity index (χ3n) is 7.88. The predicted octanol–water partition coefficient (Wildman–Crippen LogP) is 7.19. The first kappa shape index (κ1) is 31.3. The van der Waals surface area contributed by atoms with Gasteiger partial charge in [-0.1, -0.05) is 90.5 Å². The molecule has 8 heteroatoms. The Labute approximate surface area is 263 Å². The number of carboxylic acid groups (broad SMARTS) is 1. The second-order valence-electron chi connectivity index (χ2n) is 11.2. The second kappa shape index (κ2) is 14.6. The van der Waals surface area contributed by atoms with Gasteiger partial charge in [0, 0.05) is 12.3 Å². The molecule has 232 valence electrons. The number of nitrogens with one attached hydrogen (secondary N) is 1. The molecule has 0 heterocycles. The Bertz CT molecular complexity index is 1590. The molecule has 0 aromatic heterocycles. The number of alkyl carbamates (subject to hydrolysis) is 1. The first-order valence-electron chi connectivity index (χ1n) is 15.1. The summed E-state index contributed by atoms with van der Waals surface area (Å²) in [5.74, 6) is -0.881. The molecule has 0 radical (unpaired) electrons. The van der Waals surface area contributed by atoms with Gasteiger partial charge in [0.25, 0.3) is 0 Å². The van der Waals surface area contributed by atoms with E-state index in [4.69, 9.17) is 19.3 Å². The largest absolute Gasteiger partial charge is 0.494 e. The fourth-order valence-corrected chi connectivity index (χ4v) is 5.47. The minimum absolute atomic E-state index is 0.0898. The lowest BCUT2D eigenvalue weighted by Crippen LogP contribution is -2.40. The molecule has 0 saturated carbocycles. The maximum atomic E-state index is 13.2. The van der Waals surface area contributed by atoms with Gasteiger partial charge in [-0.2, -0.15) is 0 Å². The van der Waals surface area contributed by atoms with Crippen molar-refractivity contribution in [1.82, 2.24) is 5.32 Å². The van der Waals surface area contributed by atoms with Gasteiger partial charge in [0.2, 0.25) is 0 Å². The molecule has 1 amide bonds. The number of aryl methyl sites for hydroxylation is 1. The molecular weight excluding hydrogens is 570 g/mol. The van der Waals surface area contributed by atoms with Crippen molar-refractivity contribution in [2.24, 2.45) is 0 Å². The van der Waals surface area contributed by atoms with Crippen LogP contribution in [-0.2, 0) is 19.1 Å². The highest BCUT2D eigenvalue weighted by atomic mass is 16.6. The number of carbonyl (C=O) groups is 3. The van der Waals surface area contributed by atoms with Gasteiger partial charge in [-0.3, -0.25) is 4.79 Å². The van der Waals surface area contributed by atoms with E-state index in [9.17, 15) is 14.4 Å². The van der Waals surface area contributed by atoms with Crippen LogP contribution in [0.1, 0.15) is 66.0 Å². The van der Waals surface area contributed by atoms with Crippen LogP contribution in [0.5, 0.6) is 5.75 Å². The van der Waals surface area contributed by atoms with Crippen molar-refractivity contribution in [3.05, 3.63) is 125 Å². The van der Waals surface area contributed by atoms with Crippen LogP contribution in [0.2, 0.25) is 0 Å². The monoisotopic (exact) mass is 607 g/mol. The summed E-state index contributed by atoms with van der Waals surface area (Å²) in [5, 5.41) is 11.4. The van der Waals surface area contributed by atoms with E-state index in [-0.39, 0.29) is 18.9 Å². The quantitative estimate of drug-likeness (QED) is 0.122. The van der Waals surface area contributed by atoms with Crippen molar-refractivity contribution in [1.29, 1.82) is 0 Å². The summed E-state index contributed by atoms with van der Waals surface area (Å²) >= 11 is 0. The molecule has 4 aromatic rings. The van der Waals surface area contributed by atoms with E-state index in [0.717, 1.165) is 38.9 Å². The smallest absolute Gasteiger partial charge is 0.407 e. The van der Waals surface area contributed by atoms with Crippen LogP contribution in [0.25, 0.3) is 11.1 Å². The highest BCUT2D eigenvalue weighted by molar-refractivity contribution is 5.82. The molecule has 1 unspecified atom stereocenters. The fourth-order valence-electron chi connectivity index (χ4n) is 5.47. The average Bonchev–Trinajstić information content (AvgIpc) is 3.36. The molecule has 1 aliphatic rings. The number of unbranched alkanes of at least 4 members (excludes halogenated alkanes) is 1. The molecule has 0 aliphatic heterocycles. The van der Waals surface area contributed by atoms with Gasteiger partial charge in [0.1, 0.15) is 18.4 Å². The van der Waals surface area contributed by atoms with E-state index in [1.165, 1.54) is 0 Å². The molecule has 8 nitrogen and oxygen atoms in total. The van der Waals surface area contributed by atoms with E-state index < -0.39 is 30.2 Å². The van der Waals surface area contributed by atoms with Crippen LogP contribution >= 0.6 is 0 Å². The first-order valence-corrected chi connectivity index (χ1v) is 15.1. The molecule has 5 rings (SSSR count). The molecule has 0 fully saturated rings. The molecule has 45 heavy (non-hydrogen) atoms. The number of ether oxygens (including phenoxy) is 3. The summed E-state index contributed by atoms with van der Waals surface area (Å²) in [5.41, 5.74) is 7.07. The standard InChI is InChI=1S/C37H37NO7/c1-24-14-16-26(17-15-24)35(27-18-20-28(21-19-27)43-22-8-7-13-34(39)40)45-36(41)25(2)38-37(42)44-23-33-31-11-5-3-9-29(31)30-10-4-6-12-32(30)33/h3-6,9-12,14-21,25,33,35H,7-8,13,22-23H2,1-2H3,(H,38,42)(H,39,40)/t25-,35?/m0/s1. The number of amides is 1. The highest BCUT2D eigenvalue weighted by Gasteiger charge is 2.30. The SMILES string of the molecule is Cc1ccc(C(OC(=O)[C@H](C)NC(=O)OCC2c3ccccc3-c3ccccc32)c2ccc(OCCCCC(=O)O)cc2)cc1. The number of rotatable bonds is 13. The van der Waals surface area contributed by atoms with Gasteiger partial charge in [0.05, 0.1) is 6.61 Å². The van der Waals surface area contributed by atoms with Crippen LogP contribution in [0, 0.1) is 6.92 Å². The molecule has 0 saturated heterocycles. The fraction of sp³-hybridized carbons (Fsp3) is 0.270. The van der Waals surface area contributed by atoms with Gasteiger partial charge in [-0.15, -0.1) is 0 Å². The molecule has 2 N–H and O–H groups in total. The van der Waals surface area contributed by atoms with Crippen LogP contribution < -0.4 is 10.1 Å². The molecule has 2 atom stereocenters. The van der Waals surface area contributed by atoms with E-state index in [2.05, 4.69) is 17.4 Å². The number of carbonyl (C=O) groups excluding carboxylic acids is 2. The lowest BCUT2D eigenvalue weighted by molar-refractivity contribution is -0.149. The summed E-state index contributed by atoms with van der Waals surface area (Å²) in [6, 6.07) is 30.2. The molecule has 0 spiro atoms.